The standard InChI is InChI=1S/C29H35ClN2O3/c1-5-19-31(22-12-15-28(2,30)16-13-22)27(34)24-14-20-32(25-9-7-6-8-23(24)25)26(33)21-10-17-29(3,35-4)18-11-21/h6-13,15,17,24H,5,14,16,18-20H2,1-4H3/t24-,28?,29?/m0/s1. The molecule has 1 aromatic rings. The van der Waals surface area contributed by atoms with Gasteiger partial charge in [-0.1, -0.05) is 55.5 Å². The molecule has 5 nitrogen and oxygen atoms in total. The van der Waals surface area contributed by atoms with Crippen LogP contribution in [0.1, 0.15) is 57.9 Å². The minimum atomic E-state index is -0.411. The predicted octanol–water partition coefficient (Wildman–Crippen LogP) is 5.88. The third-order valence-electron chi connectivity index (χ3n) is 7.18. The van der Waals surface area contributed by atoms with Crippen LogP contribution in [0, 0.1) is 0 Å². The van der Waals surface area contributed by atoms with E-state index < -0.39 is 4.87 Å². The number of alkyl halides is 1. The highest BCUT2D eigenvalue weighted by Crippen LogP contribution is 2.39. The van der Waals surface area contributed by atoms with Gasteiger partial charge in [0.05, 0.1) is 16.4 Å². The summed E-state index contributed by atoms with van der Waals surface area (Å²) in [6.45, 7) is 7.19. The monoisotopic (exact) mass is 494 g/mol. The summed E-state index contributed by atoms with van der Waals surface area (Å²) in [7, 11) is 1.68. The Labute approximate surface area is 213 Å². The highest BCUT2D eigenvalue weighted by Gasteiger charge is 2.36. The zero-order valence-electron chi connectivity index (χ0n) is 21.1. The van der Waals surface area contributed by atoms with Crippen molar-refractivity contribution in [2.24, 2.45) is 0 Å². The summed E-state index contributed by atoms with van der Waals surface area (Å²) < 4.78 is 5.54. The predicted molar refractivity (Wildman–Crippen MR) is 142 cm³/mol. The van der Waals surface area contributed by atoms with Crippen LogP contribution in [0.15, 0.2) is 72.0 Å². The van der Waals surface area contributed by atoms with E-state index in [1.54, 1.807) is 7.11 Å². The SMILES string of the molecule is CCCN(C(=O)[C@H]1CCN(C(=O)C2=CCC(C)(OC)C=C2)c2ccccc21)C1=CCC(C)(Cl)C=C1. The van der Waals surface area contributed by atoms with E-state index >= 15 is 0 Å². The summed E-state index contributed by atoms with van der Waals surface area (Å²) in [4.78, 5) is 30.6. The number of methoxy groups -OCH3 is 1. The fourth-order valence-corrected chi connectivity index (χ4v) is 5.03. The minimum absolute atomic E-state index is 0.0394. The van der Waals surface area contributed by atoms with E-state index in [0.717, 1.165) is 23.4 Å². The number of hydrogen-bond acceptors (Lipinski definition) is 3. The quantitative estimate of drug-likeness (QED) is 0.464. The third kappa shape index (κ3) is 5.31. The van der Waals surface area contributed by atoms with Gasteiger partial charge in [0.2, 0.25) is 5.91 Å². The van der Waals surface area contributed by atoms with Crippen LogP contribution >= 0.6 is 11.6 Å². The zero-order valence-corrected chi connectivity index (χ0v) is 21.8. The molecule has 4 rings (SSSR count). The summed E-state index contributed by atoms with van der Waals surface area (Å²) in [6.07, 6.45) is 14.5. The molecule has 3 atom stereocenters. The number of ether oxygens (including phenoxy) is 1. The molecule has 2 aliphatic carbocycles. The molecule has 0 saturated heterocycles. The van der Waals surface area contributed by atoms with E-state index in [1.165, 1.54) is 0 Å². The van der Waals surface area contributed by atoms with Crippen molar-refractivity contribution in [3.8, 4) is 0 Å². The molecule has 0 bridgehead atoms. The average Bonchev–Trinajstić information content (AvgIpc) is 2.86. The normalized spacial score (nSPS) is 27.7. The lowest BCUT2D eigenvalue weighted by molar-refractivity contribution is -0.131. The second kappa shape index (κ2) is 10.2. The molecular weight excluding hydrogens is 460 g/mol. The molecule has 6 heteroatoms. The van der Waals surface area contributed by atoms with Gasteiger partial charge >= 0.3 is 0 Å². The van der Waals surface area contributed by atoms with Crippen LogP contribution in [0.3, 0.4) is 0 Å². The Kier molecular flexibility index (Phi) is 7.39. The van der Waals surface area contributed by atoms with Crippen LogP contribution in [-0.4, -0.2) is 47.4 Å². The molecule has 1 aliphatic heterocycles. The van der Waals surface area contributed by atoms with Gasteiger partial charge in [0.15, 0.2) is 0 Å². The van der Waals surface area contributed by atoms with Crippen molar-refractivity contribution in [3.63, 3.8) is 0 Å². The first-order valence-electron chi connectivity index (χ1n) is 12.4. The molecule has 0 fully saturated rings. The van der Waals surface area contributed by atoms with Gasteiger partial charge in [-0.3, -0.25) is 9.59 Å². The van der Waals surface area contributed by atoms with Crippen molar-refractivity contribution in [1.82, 2.24) is 4.90 Å². The number of allylic oxidation sites excluding steroid dienone is 3. The molecule has 1 aromatic carbocycles. The van der Waals surface area contributed by atoms with Gasteiger partial charge in [0, 0.05) is 37.2 Å². The first-order valence-corrected chi connectivity index (χ1v) is 12.8. The molecule has 35 heavy (non-hydrogen) atoms. The number of nitrogens with zero attached hydrogens (tertiary/aromatic N) is 2. The molecule has 0 spiro atoms. The van der Waals surface area contributed by atoms with Gasteiger partial charge in [-0.25, -0.2) is 0 Å². The molecule has 0 aromatic heterocycles. The number of halogens is 1. The number of carbonyl (C=O) groups is 2. The number of fused-ring (bicyclic) bond motifs is 1. The van der Waals surface area contributed by atoms with E-state index in [2.05, 4.69) is 13.0 Å². The Morgan fingerprint density at radius 2 is 1.91 bits per heavy atom. The molecule has 2 unspecified atom stereocenters. The van der Waals surface area contributed by atoms with Crippen LogP contribution in [0.4, 0.5) is 5.69 Å². The van der Waals surface area contributed by atoms with Crippen molar-refractivity contribution in [3.05, 3.63) is 77.6 Å². The minimum Gasteiger partial charge on any atom is -0.374 e. The number of benzene rings is 1. The largest absolute Gasteiger partial charge is 0.374 e. The zero-order chi connectivity index (χ0) is 25.2. The van der Waals surface area contributed by atoms with Crippen LogP contribution < -0.4 is 4.90 Å². The third-order valence-corrected chi connectivity index (χ3v) is 7.46. The molecule has 0 radical (unpaired) electrons. The summed E-state index contributed by atoms with van der Waals surface area (Å²) in [5.41, 5.74) is 2.91. The lowest BCUT2D eigenvalue weighted by Gasteiger charge is -2.37. The van der Waals surface area contributed by atoms with Gasteiger partial charge in [0.25, 0.3) is 5.91 Å². The maximum Gasteiger partial charge on any atom is 0.257 e. The number of para-hydroxylation sites is 1. The van der Waals surface area contributed by atoms with E-state index in [1.807, 2.05) is 78.3 Å². The van der Waals surface area contributed by atoms with Crippen LogP contribution in [-0.2, 0) is 14.3 Å². The second-order valence-corrected chi connectivity index (χ2v) is 10.9. The summed E-state index contributed by atoms with van der Waals surface area (Å²) >= 11 is 6.46. The number of carbonyl (C=O) groups excluding carboxylic acids is 2. The van der Waals surface area contributed by atoms with Crippen LogP contribution in [0.5, 0.6) is 0 Å². The van der Waals surface area contributed by atoms with E-state index in [9.17, 15) is 9.59 Å². The lowest BCUT2D eigenvalue weighted by atomic mass is 9.87. The van der Waals surface area contributed by atoms with Gasteiger partial charge in [-0.15, -0.1) is 11.6 Å². The van der Waals surface area contributed by atoms with Crippen molar-refractivity contribution in [1.29, 1.82) is 0 Å². The molecular formula is C29H35ClN2O3. The summed E-state index contributed by atoms with van der Waals surface area (Å²) in [5, 5.41) is 0. The molecule has 3 aliphatic rings. The smallest absolute Gasteiger partial charge is 0.257 e. The topological polar surface area (TPSA) is 49.9 Å². The van der Waals surface area contributed by atoms with Gasteiger partial charge in [0.1, 0.15) is 0 Å². The fourth-order valence-electron chi connectivity index (χ4n) is 4.89. The number of amides is 2. The van der Waals surface area contributed by atoms with Crippen molar-refractivity contribution < 1.29 is 14.3 Å². The summed E-state index contributed by atoms with van der Waals surface area (Å²) in [6, 6.07) is 7.80. The molecule has 2 amide bonds. The van der Waals surface area contributed by atoms with Crippen LogP contribution in [0.2, 0.25) is 0 Å². The average molecular weight is 495 g/mol. The maximum absolute atomic E-state index is 13.9. The van der Waals surface area contributed by atoms with Gasteiger partial charge < -0.3 is 14.5 Å². The number of rotatable bonds is 6. The molecule has 0 N–H and O–H groups in total. The fraction of sp³-hybridized carbons (Fsp3) is 0.448. The highest BCUT2D eigenvalue weighted by atomic mass is 35.5. The first kappa shape index (κ1) is 25.5. The maximum atomic E-state index is 13.9. The molecule has 0 saturated carbocycles. The number of hydrogen-bond donors (Lipinski definition) is 0. The van der Waals surface area contributed by atoms with Gasteiger partial charge in [-0.05, 0) is 57.2 Å². The van der Waals surface area contributed by atoms with E-state index in [4.69, 9.17) is 16.3 Å². The molecule has 186 valence electrons. The Morgan fingerprint density at radius 1 is 1.14 bits per heavy atom. The van der Waals surface area contributed by atoms with Crippen molar-refractivity contribution in [2.45, 2.75) is 62.8 Å². The first-order chi connectivity index (χ1) is 16.7. The Morgan fingerprint density at radius 3 is 2.54 bits per heavy atom. The summed E-state index contributed by atoms with van der Waals surface area (Å²) in [5.74, 6) is -0.260. The van der Waals surface area contributed by atoms with Gasteiger partial charge in [-0.2, -0.15) is 0 Å². The Balaban J connectivity index is 1.59. The lowest BCUT2D eigenvalue weighted by Crippen LogP contribution is -2.43. The second-order valence-electron chi connectivity index (χ2n) is 10.0. The van der Waals surface area contributed by atoms with Crippen molar-refractivity contribution >= 4 is 29.1 Å². The van der Waals surface area contributed by atoms with E-state index in [0.29, 0.717) is 37.9 Å². The highest BCUT2D eigenvalue weighted by molar-refractivity contribution is 6.25. The number of anilines is 1. The Hall–Kier alpha value is -2.63. The molecule has 1 heterocycles. The van der Waals surface area contributed by atoms with E-state index in [-0.39, 0.29) is 23.3 Å². The van der Waals surface area contributed by atoms with Crippen LogP contribution in [0.25, 0.3) is 0 Å². The van der Waals surface area contributed by atoms with Crippen molar-refractivity contribution in [2.75, 3.05) is 25.1 Å². The Bertz CT molecular complexity index is 1120.